The van der Waals surface area contributed by atoms with Gasteiger partial charge in [-0.25, -0.2) is 4.98 Å². The summed E-state index contributed by atoms with van der Waals surface area (Å²) in [6.07, 6.45) is 11.2. The molecule has 1 aliphatic rings. The van der Waals surface area contributed by atoms with Crippen LogP contribution in [0.25, 0.3) is 23.0 Å². The molecule has 1 fully saturated rings. The van der Waals surface area contributed by atoms with Crippen molar-refractivity contribution in [2.45, 2.75) is 38.3 Å². The summed E-state index contributed by atoms with van der Waals surface area (Å²) in [7, 11) is 0. The van der Waals surface area contributed by atoms with Gasteiger partial charge in [-0.05, 0) is 25.0 Å². The number of aromatic nitrogens is 5. The largest absolute Gasteiger partial charge is 0.352 e. The Kier molecular flexibility index (Phi) is 4.24. The molecule has 8 heteroatoms. The first-order valence-electron chi connectivity index (χ1n) is 8.33. The monoisotopic (exact) mass is 338 g/mol. The first-order chi connectivity index (χ1) is 12.3. The maximum Gasteiger partial charge on any atom is 0.259 e. The Hall–Kier alpha value is -3.03. The number of carbonyl (C=O) groups excluding carboxylic acids is 1. The van der Waals surface area contributed by atoms with Crippen LogP contribution in [0.15, 0.2) is 41.6 Å². The first-order valence-corrected chi connectivity index (χ1v) is 8.33. The Labute approximate surface area is 144 Å². The Bertz CT molecular complexity index is 851. The van der Waals surface area contributed by atoms with Crippen LogP contribution in [0.3, 0.4) is 0 Å². The van der Waals surface area contributed by atoms with Gasteiger partial charge in [0.05, 0.1) is 11.9 Å². The van der Waals surface area contributed by atoms with E-state index in [0.717, 1.165) is 18.4 Å². The zero-order valence-corrected chi connectivity index (χ0v) is 13.6. The van der Waals surface area contributed by atoms with Crippen LogP contribution in [0.4, 0.5) is 0 Å². The van der Waals surface area contributed by atoms with E-state index in [1.807, 2.05) is 6.07 Å². The second kappa shape index (κ2) is 6.84. The molecule has 1 amide bonds. The quantitative estimate of drug-likeness (QED) is 0.764. The molecule has 0 bridgehead atoms. The van der Waals surface area contributed by atoms with Crippen molar-refractivity contribution in [2.24, 2.45) is 0 Å². The second-order valence-corrected chi connectivity index (χ2v) is 6.14. The maximum absolute atomic E-state index is 12.1. The third-order valence-electron chi connectivity index (χ3n) is 4.24. The van der Waals surface area contributed by atoms with Crippen LogP contribution in [-0.4, -0.2) is 36.6 Å². The fraction of sp³-hybridized carbons (Fsp3) is 0.353. The van der Waals surface area contributed by atoms with E-state index in [0.29, 0.717) is 23.5 Å². The van der Waals surface area contributed by atoms with Gasteiger partial charge in [0.25, 0.3) is 5.89 Å². The smallest absolute Gasteiger partial charge is 0.259 e. The van der Waals surface area contributed by atoms with E-state index in [2.05, 4.69) is 25.4 Å². The van der Waals surface area contributed by atoms with Crippen LogP contribution in [0.2, 0.25) is 0 Å². The van der Waals surface area contributed by atoms with E-state index in [1.165, 1.54) is 12.8 Å². The highest BCUT2D eigenvalue weighted by atomic mass is 16.5. The molecule has 0 atom stereocenters. The van der Waals surface area contributed by atoms with Gasteiger partial charge in [-0.3, -0.25) is 9.78 Å². The van der Waals surface area contributed by atoms with E-state index < -0.39 is 0 Å². The lowest BCUT2D eigenvalue weighted by Gasteiger charge is -2.11. The molecule has 3 aromatic rings. The Morgan fingerprint density at radius 1 is 1.36 bits per heavy atom. The highest BCUT2D eigenvalue weighted by Crippen LogP contribution is 2.20. The number of hydrogen-bond acceptors (Lipinski definition) is 6. The van der Waals surface area contributed by atoms with Gasteiger partial charge < -0.3 is 14.4 Å². The Morgan fingerprint density at radius 2 is 2.24 bits per heavy atom. The predicted molar refractivity (Wildman–Crippen MR) is 89.1 cm³/mol. The van der Waals surface area contributed by atoms with Crippen molar-refractivity contribution in [3.05, 3.63) is 37.1 Å². The molecule has 0 spiro atoms. The van der Waals surface area contributed by atoms with Gasteiger partial charge in [0.15, 0.2) is 0 Å². The fourth-order valence-corrected chi connectivity index (χ4v) is 3.01. The van der Waals surface area contributed by atoms with Gasteiger partial charge in [-0.1, -0.05) is 18.0 Å². The number of imidazole rings is 1. The molecular weight excluding hydrogens is 320 g/mol. The van der Waals surface area contributed by atoms with Gasteiger partial charge in [-0.2, -0.15) is 4.98 Å². The minimum absolute atomic E-state index is 0.0000101. The minimum atomic E-state index is 0.0000101. The molecule has 0 aliphatic heterocycles. The topological polar surface area (TPSA) is 98.7 Å². The Balaban J connectivity index is 1.42. The Morgan fingerprint density at radius 3 is 3.04 bits per heavy atom. The van der Waals surface area contributed by atoms with Crippen LogP contribution in [0, 0.1) is 0 Å². The lowest BCUT2D eigenvalue weighted by molar-refractivity contribution is -0.122. The maximum atomic E-state index is 12.1. The van der Waals surface area contributed by atoms with Crippen molar-refractivity contribution < 1.29 is 9.32 Å². The molecule has 128 valence electrons. The molecule has 3 heterocycles. The minimum Gasteiger partial charge on any atom is -0.352 e. The van der Waals surface area contributed by atoms with Crippen molar-refractivity contribution >= 4 is 5.91 Å². The van der Waals surface area contributed by atoms with Crippen molar-refractivity contribution in [1.82, 2.24) is 30.0 Å². The molecule has 0 radical (unpaired) electrons. The summed E-state index contributed by atoms with van der Waals surface area (Å²) in [5, 5.41) is 7.01. The third kappa shape index (κ3) is 3.57. The summed E-state index contributed by atoms with van der Waals surface area (Å²) in [5.41, 5.74) is 1.31. The number of nitrogens with zero attached hydrogens (tertiary/aromatic N) is 5. The molecule has 0 saturated heterocycles. The van der Waals surface area contributed by atoms with Crippen molar-refractivity contribution in [1.29, 1.82) is 0 Å². The highest BCUT2D eigenvalue weighted by Gasteiger charge is 2.18. The molecule has 25 heavy (non-hydrogen) atoms. The zero-order chi connectivity index (χ0) is 17.1. The number of rotatable bonds is 5. The fourth-order valence-electron chi connectivity index (χ4n) is 3.01. The van der Waals surface area contributed by atoms with Crippen molar-refractivity contribution in [3.63, 3.8) is 0 Å². The molecule has 1 saturated carbocycles. The standard InChI is InChI=1S/C17H18N6O2/c24-15(20-13-5-1-2-6-13)10-23-9-14(19-11-23)16-21-17(25-22-16)12-4-3-7-18-8-12/h3-4,7-9,11,13H,1-2,5-6,10H2,(H,20,24). The van der Waals surface area contributed by atoms with E-state index in [1.54, 1.807) is 35.6 Å². The SMILES string of the molecule is O=C(Cn1cnc(-c2noc(-c3cccnc3)n2)c1)NC1CCCC1. The lowest BCUT2D eigenvalue weighted by Crippen LogP contribution is -2.34. The van der Waals surface area contributed by atoms with Crippen molar-refractivity contribution in [3.8, 4) is 23.0 Å². The molecule has 1 N–H and O–H groups in total. The average Bonchev–Trinajstić information content (AvgIpc) is 3.37. The van der Waals surface area contributed by atoms with Gasteiger partial charge in [0.2, 0.25) is 11.7 Å². The van der Waals surface area contributed by atoms with Gasteiger partial charge >= 0.3 is 0 Å². The number of nitrogens with one attached hydrogen (secondary N) is 1. The summed E-state index contributed by atoms with van der Waals surface area (Å²) < 4.78 is 6.98. The normalized spacial score (nSPS) is 14.7. The number of carbonyl (C=O) groups is 1. The number of amides is 1. The number of pyridine rings is 1. The lowest BCUT2D eigenvalue weighted by atomic mass is 10.2. The van der Waals surface area contributed by atoms with Gasteiger partial charge in [0.1, 0.15) is 12.2 Å². The molecule has 0 unspecified atom stereocenters. The summed E-state index contributed by atoms with van der Waals surface area (Å²) >= 11 is 0. The number of hydrogen-bond donors (Lipinski definition) is 1. The second-order valence-electron chi connectivity index (χ2n) is 6.14. The molecule has 8 nitrogen and oxygen atoms in total. The summed E-state index contributed by atoms with van der Waals surface area (Å²) in [4.78, 5) is 24.7. The van der Waals surface area contributed by atoms with Gasteiger partial charge in [-0.15, -0.1) is 0 Å². The predicted octanol–water partition coefficient (Wildman–Crippen LogP) is 2.05. The molecular formula is C17H18N6O2. The molecule has 4 rings (SSSR count). The van der Waals surface area contributed by atoms with E-state index in [4.69, 9.17) is 4.52 Å². The summed E-state index contributed by atoms with van der Waals surface area (Å²) in [5.74, 6) is 0.769. The summed E-state index contributed by atoms with van der Waals surface area (Å²) in [6.45, 7) is 0.233. The first kappa shape index (κ1) is 15.5. The van der Waals surface area contributed by atoms with Crippen LogP contribution in [0.1, 0.15) is 25.7 Å². The van der Waals surface area contributed by atoms with E-state index in [9.17, 15) is 4.79 Å². The summed E-state index contributed by atoms with van der Waals surface area (Å²) in [6, 6.07) is 3.96. The van der Waals surface area contributed by atoms with Crippen LogP contribution >= 0.6 is 0 Å². The van der Waals surface area contributed by atoms with E-state index >= 15 is 0 Å². The molecule has 1 aliphatic carbocycles. The van der Waals surface area contributed by atoms with Crippen molar-refractivity contribution in [2.75, 3.05) is 0 Å². The van der Waals surface area contributed by atoms with Crippen LogP contribution in [-0.2, 0) is 11.3 Å². The molecule has 3 aromatic heterocycles. The average molecular weight is 338 g/mol. The highest BCUT2D eigenvalue weighted by molar-refractivity contribution is 5.76. The zero-order valence-electron chi connectivity index (χ0n) is 13.6. The third-order valence-corrected chi connectivity index (χ3v) is 4.24. The van der Waals surface area contributed by atoms with Gasteiger partial charge in [0, 0.05) is 24.6 Å². The van der Waals surface area contributed by atoms with E-state index in [-0.39, 0.29) is 12.5 Å². The van der Waals surface area contributed by atoms with Crippen LogP contribution in [0.5, 0.6) is 0 Å². The molecule has 0 aromatic carbocycles. The van der Waals surface area contributed by atoms with Crippen LogP contribution < -0.4 is 5.32 Å².